The SMILES string of the molecule is Cc1cc(-c2nc3ccccc3s2)c2ccccc2n1. The minimum Gasteiger partial charge on any atom is -0.253 e. The van der Waals surface area contributed by atoms with Crippen molar-refractivity contribution in [2.24, 2.45) is 0 Å². The zero-order valence-corrected chi connectivity index (χ0v) is 11.8. The van der Waals surface area contributed by atoms with Gasteiger partial charge in [0.15, 0.2) is 0 Å². The van der Waals surface area contributed by atoms with Crippen LogP contribution in [0.25, 0.3) is 31.7 Å². The fourth-order valence-electron chi connectivity index (χ4n) is 2.47. The number of para-hydroxylation sites is 2. The van der Waals surface area contributed by atoms with Crippen molar-refractivity contribution in [3.8, 4) is 10.6 Å². The van der Waals surface area contributed by atoms with Crippen LogP contribution >= 0.6 is 11.3 Å². The van der Waals surface area contributed by atoms with E-state index < -0.39 is 0 Å². The van der Waals surface area contributed by atoms with Gasteiger partial charge in [-0.1, -0.05) is 30.3 Å². The lowest BCUT2D eigenvalue weighted by molar-refractivity contribution is 1.25. The predicted octanol–water partition coefficient (Wildman–Crippen LogP) is 4.82. The van der Waals surface area contributed by atoms with Gasteiger partial charge in [-0.05, 0) is 31.2 Å². The normalized spacial score (nSPS) is 11.2. The van der Waals surface area contributed by atoms with Crippen molar-refractivity contribution in [1.82, 2.24) is 9.97 Å². The molecule has 0 saturated carbocycles. The average Bonchev–Trinajstić information content (AvgIpc) is 2.90. The quantitative estimate of drug-likeness (QED) is 0.498. The molecule has 0 aliphatic carbocycles. The highest BCUT2D eigenvalue weighted by Gasteiger charge is 2.10. The third-order valence-electron chi connectivity index (χ3n) is 3.37. The summed E-state index contributed by atoms with van der Waals surface area (Å²) in [7, 11) is 0. The predicted molar refractivity (Wildman–Crippen MR) is 85.1 cm³/mol. The Labute approximate surface area is 120 Å². The molecule has 0 bridgehead atoms. The zero-order valence-electron chi connectivity index (χ0n) is 11.0. The van der Waals surface area contributed by atoms with Crippen molar-refractivity contribution < 1.29 is 0 Å². The summed E-state index contributed by atoms with van der Waals surface area (Å²) in [5.41, 5.74) is 4.29. The summed E-state index contributed by atoms with van der Waals surface area (Å²) in [5, 5.41) is 2.23. The molecule has 20 heavy (non-hydrogen) atoms. The molecule has 0 fully saturated rings. The Morgan fingerprint density at radius 3 is 2.45 bits per heavy atom. The summed E-state index contributed by atoms with van der Waals surface area (Å²) in [6.45, 7) is 2.03. The van der Waals surface area contributed by atoms with Gasteiger partial charge in [0.1, 0.15) is 5.01 Å². The van der Waals surface area contributed by atoms with Crippen molar-refractivity contribution in [2.45, 2.75) is 6.92 Å². The number of pyridine rings is 1. The van der Waals surface area contributed by atoms with Crippen molar-refractivity contribution in [3.05, 3.63) is 60.3 Å². The van der Waals surface area contributed by atoms with Gasteiger partial charge in [-0.25, -0.2) is 4.98 Å². The van der Waals surface area contributed by atoms with Crippen LogP contribution in [0.5, 0.6) is 0 Å². The van der Waals surface area contributed by atoms with Gasteiger partial charge >= 0.3 is 0 Å². The molecule has 3 heteroatoms. The molecule has 0 aliphatic heterocycles. The molecule has 2 aromatic heterocycles. The van der Waals surface area contributed by atoms with E-state index in [2.05, 4.69) is 47.4 Å². The molecule has 2 heterocycles. The van der Waals surface area contributed by atoms with Crippen LogP contribution in [0, 0.1) is 6.92 Å². The lowest BCUT2D eigenvalue weighted by atomic mass is 10.1. The second kappa shape index (κ2) is 4.39. The first kappa shape index (κ1) is 11.6. The number of nitrogens with zero attached hydrogens (tertiary/aromatic N) is 2. The van der Waals surface area contributed by atoms with Crippen LogP contribution in [0.4, 0.5) is 0 Å². The first-order valence-electron chi connectivity index (χ1n) is 6.53. The first-order valence-corrected chi connectivity index (χ1v) is 7.35. The van der Waals surface area contributed by atoms with Crippen molar-refractivity contribution in [1.29, 1.82) is 0 Å². The van der Waals surface area contributed by atoms with Crippen LogP contribution in [0.1, 0.15) is 5.69 Å². The fourth-order valence-corrected chi connectivity index (χ4v) is 3.47. The molecule has 0 N–H and O–H groups in total. The second-order valence-electron chi connectivity index (χ2n) is 4.82. The minimum atomic E-state index is 1.03. The summed E-state index contributed by atoms with van der Waals surface area (Å²) >= 11 is 1.74. The van der Waals surface area contributed by atoms with Crippen LogP contribution in [-0.4, -0.2) is 9.97 Å². The molecule has 0 amide bonds. The van der Waals surface area contributed by atoms with E-state index >= 15 is 0 Å². The van der Waals surface area contributed by atoms with Crippen LogP contribution in [0.3, 0.4) is 0 Å². The third kappa shape index (κ3) is 1.79. The van der Waals surface area contributed by atoms with Gasteiger partial charge in [0.25, 0.3) is 0 Å². The molecule has 0 aliphatic rings. The summed E-state index contributed by atoms with van der Waals surface area (Å²) < 4.78 is 1.22. The molecule has 96 valence electrons. The number of fused-ring (bicyclic) bond motifs is 2. The molecule has 2 nitrogen and oxygen atoms in total. The van der Waals surface area contributed by atoms with E-state index in [0.717, 1.165) is 27.1 Å². The highest BCUT2D eigenvalue weighted by molar-refractivity contribution is 7.21. The number of rotatable bonds is 1. The van der Waals surface area contributed by atoms with Crippen LogP contribution < -0.4 is 0 Å². The Morgan fingerprint density at radius 1 is 0.850 bits per heavy atom. The lowest BCUT2D eigenvalue weighted by Gasteiger charge is -2.04. The number of benzene rings is 2. The molecule has 0 saturated heterocycles. The highest BCUT2D eigenvalue weighted by atomic mass is 32.1. The van der Waals surface area contributed by atoms with Crippen molar-refractivity contribution in [2.75, 3.05) is 0 Å². The number of hydrogen-bond acceptors (Lipinski definition) is 3. The van der Waals surface area contributed by atoms with Gasteiger partial charge in [-0.15, -0.1) is 11.3 Å². The van der Waals surface area contributed by atoms with Crippen LogP contribution in [-0.2, 0) is 0 Å². The van der Waals surface area contributed by atoms with Gasteiger partial charge in [0.2, 0.25) is 0 Å². The summed E-state index contributed by atoms with van der Waals surface area (Å²) in [6, 6.07) is 18.6. The van der Waals surface area contributed by atoms with Gasteiger partial charge in [0.05, 0.1) is 15.7 Å². The summed E-state index contributed by atoms with van der Waals surface area (Å²) in [4.78, 5) is 9.36. The smallest absolute Gasteiger partial charge is 0.125 e. The fraction of sp³-hybridized carbons (Fsp3) is 0.0588. The van der Waals surface area contributed by atoms with E-state index in [1.165, 1.54) is 10.3 Å². The third-order valence-corrected chi connectivity index (χ3v) is 4.44. The largest absolute Gasteiger partial charge is 0.253 e. The topological polar surface area (TPSA) is 25.8 Å². The second-order valence-corrected chi connectivity index (χ2v) is 5.85. The van der Waals surface area contributed by atoms with E-state index in [-0.39, 0.29) is 0 Å². The maximum absolute atomic E-state index is 4.76. The molecule has 0 radical (unpaired) electrons. The Kier molecular flexibility index (Phi) is 2.54. The van der Waals surface area contributed by atoms with Crippen molar-refractivity contribution in [3.63, 3.8) is 0 Å². The molecular weight excluding hydrogens is 264 g/mol. The Morgan fingerprint density at radius 2 is 1.60 bits per heavy atom. The van der Waals surface area contributed by atoms with Gasteiger partial charge < -0.3 is 0 Å². The Hall–Kier alpha value is -2.26. The van der Waals surface area contributed by atoms with Gasteiger partial charge in [0, 0.05) is 16.6 Å². The van der Waals surface area contributed by atoms with Gasteiger partial charge in [-0.3, -0.25) is 4.98 Å². The molecule has 2 aromatic carbocycles. The molecule has 0 unspecified atom stereocenters. The van der Waals surface area contributed by atoms with Crippen molar-refractivity contribution >= 4 is 32.5 Å². The van der Waals surface area contributed by atoms with Crippen LogP contribution in [0.15, 0.2) is 54.6 Å². The van der Waals surface area contributed by atoms with E-state index in [0.29, 0.717) is 0 Å². The maximum Gasteiger partial charge on any atom is 0.125 e. The highest BCUT2D eigenvalue weighted by Crippen LogP contribution is 2.34. The molecule has 0 spiro atoms. The van der Waals surface area contributed by atoms with E-state index in [1.807, 2.05) is 19.1 Å². The minimum absolute atomic E-state index is 1.03. The first-order chi connectivity index (χ1) is 9.81. The maximum atomic E-state index is 4.76. The molecule has 4 aromatic rings. The lowest BCUT2D eigenvalue weighted by Crippen LogP contribution is -1.87. The average molecular weight is 276 g/mol. The summed E-state index contributed by atoms with van der Waals surface area (Å²) in [5.74, 6) is 0. The Balaban J connectivity index is 2.06. The van der Waals surface area contributed by atoms with Crippen LogP contribution in [0.2, 0.25) is 0 Å². The number of aromatic nitrogens is 2. The monoisotopic (exact) mass is 276 g/mol. The van der Waals surface area contributed by atoms with E-state index in [9.17, 15) is 0 Å². The number of thiazole rings is 1. The molecule has 0 atom stereocenters. The summed E-state index contributed by atoms with van der Waals surface area (Å²) in [6.07, 6.45) is 0. The standard InChI is InChI=1S/C17H12N2S/c1-11-10-13(12-6-2-3-7-14(12)18-11)17-19-15-8-4-5-9-16(15)20-17/h2-10H,1H3. The molecular formula is C17H12N2S. The zero-order chi connectivity index (χ0) is 13.5. The molecule has 4 rings (SSSR count). The van der Waals surface area contributed by atoms with Gasteiger partial charge in [-0.2, -0.15) is 0 Å². The number of hydrogen-bond donors (Lipinski definition) is 0. The van der Waals surface area contributed by atoms with E-state index in [4.69, 9.17) is 4.98 Å². The number of aryl methyl sites for hydroxylation is 1. The van der Waals surface area contributed by atoms with E-state index in [1.54, 1.807) is 11.3 Å². The Bertz CT molecular complexity index is 891.